The predicted molar refractivity (Wildman–Crippen MR) is 66.2 cm³/mol. The van der Waals surface area contributed by atoms with E-state index in [0.717, 1.165) is 11.8 Å². The van der Waals surface area contributed by atoms with Crippen LogP contribution < -0.4 is 4.72 Å². The molecule has 2 rings (SSSR count). The van der Waals surface area contributed by atoms with Crippen molar-refractivity contribution in [3.63, 3.8) is 0 Å². The number of nitriles is 1. The van der Waals surface area contributed by atoms with Crippen LogP contribution in [-0.2, 0) is 14.8 Å². The minimum Gasteiger partial charge on any atom is -0.378 e. The number of rotatable bonds is 4. The molecule has 2 heterocycles. The maximum Gasteiger partial charge on any atom is 0.258 e. The fourth-order valence-corrected chi connectivity index (χ4v) is 3.50. The molecule has 0 bridgehead atoms. The van der Waals surface area contributed by atoms with Crippen LogP contribution in [0.2, 0.25) is 0 Å². The lowest BCUT2D eigenvalue weighted by atomic mass is 10.3. The Hall–Kier alpha value is -1.14. The van der Waals surface area contributed by atoms with E-state index in [1.165, 1.54) is 12.3 Å². The molecule has 1 fully saturated rings. The third-order valence-corrected chi connectivity index (χ3v) is 4.73. The summed E-state index contributed by atoms with van der Waals surface area (Å²) in [7, 11) is -3.66. The Morgan fingerprint density at radius 2 is 2.33 bits per heavy atom. The van der Waals surface area contributed by atoms with Gasteiger partial charge in [0.2, 0.25) is 0 Å². The highest BCUT2D eigenvalue weighted by Gasteiger charge is 2.33. The van der Waals surface area contributed by atoms with Crippen LogP contribution in [0.25, 0.3) is 0 Å². The van der Waals surface area contributed by atoms with Gasteiger partial charge in [0.15, 0.2) is 5.03 Å². The number of aromatic nitrogens is 1. The van der Waals surface area contributed by atoms with Crippen molar-refractivity contribution in [2.75, 3.05) is 13.2 Å². The van der Waals surface area contributed by atoms with Gasteiger partial charge in [-0.05, 0) is 23.9 Å². The van der Waals surface area contributed by atoms with Gasteiger partial charge in [0.05, 0.1) is 24.5 Å². The maximum absolute atomic E-state index is 12.0. The Morgan fingerprint density at radius 3 is 3.00 bits per heavy atom. The largest absolute Gasteiger partial charge is 0.378 e. The lowest BCUT2D eigenvalue weighted by Crippen LogP contribution is -2.41. The summed E-state index contributed by atoms with van der Waals surface area (Å²) >= 11 is 1.02. The Morgan fingerprint density at radius 1 is 1.50 bits per heavy atom. The van der Waals surface area contributed by atoms with Crippen LogP contribution in [0.3, 0.4) is 0 Å². The number of nitrogens with one attached hydrogen (secondary N) is 1. The van der Waals surface area contributed by atoms with Gasteiger partial charge in [-0.2, -0.15) is 5.26 Å². The van der Waals surface area contributed by atoms with Gasteiger partial charge in [-0.15, -0.1) is 0 Å². The van der Waals surface area contributed by atoms with E-state index in [-0.39, 0.29) is 16.9 Å². The first-order valence-electron chi connectivity index (χ1n) is 5.19. The molecule has 2 unspecified atom stereocenters. The van der Waals surface area contributed by atoms with Gasteiger partial charge in [-0.3, -0.25) is 0 Å². The molecule has 1 aromatic rings. The predicted octanol–water partition coefficient (Wildman–Crippen LogP) is 0.342. The number of pyridine rings is 1. The highest BCUT2D eigenvalue weighted by Crippen LogP contribution is 2.21. The fraction of sp³-hybridized carbons (Fsp3) is 0.400. The summed E-state index contributed by atoms with van der Waals surface area (Å²) in [6.07, 6.45) is 1.42. The molecule has 8 heteroatoms. The van der Waals surface area contributed by atoms with Crippen molar-refractivity contribution in [3.8, 4) is 5.40 Å². The number of thioether (sulfide) groups is 1. The molecule has 0 aromatic carbocycles. The van der Waals surface area contributed by atoms with E-state index < -0.39 is 16.1 Å². The van der Waals surface area contributed by atoms with Gasteiger partial charge < -0.3 is 4.74 Å². The number of thiocyanates is 1. The zero-order valence-corrected chi connectivity index (χ0v) is 10.9. The van der Waals surface area contributed by atoms with E-state index in [9.17, 15) is 8.42 Å². The summed E-state index contributed by atoms with van der Waals surface area (Å²) < 4.78 is 31.7. The Labute approximate surface area is 109 Å². The monoisotopic (exact) mass is 285 g/mol. The Bertz CT molecular complexity index is 541. The number of sulfonamides is 1. The lowest BCUT2D eigenvalue weighted by Gasteiger charge is -2.15. The quantitative estimate of drug-likeness (QED) is 0.802. The van der Waals surface area contributed by atoms with Crippen LogP contribution in [0.4, 0.5) is 0 Å². The summed E-state index contributed by atoms with van der Waals surface area (Å²) in [5.74, 6) is 0. The van der Waals surface area contributed by atoms with E-state index in [0.29, 0.717) is 6.61 Å². The molecule has 0 amide bonds. The number of nitrogens with zero attached hydrogens (tertiary/aromatic N) is 2. The third kappa shape index (κ3) is 3.00. The topological polar surface area (TPSA) is 92.1 Å². The zero-order chi connectivity index (χ0) is 13.0. The highest BCUT2D eigenvalue weighted by atomic mass is 32.2. The van der Waals surface area contributed by atoms with Crippen LogP contribution in [0, 0.1) is 10.7 Å². The smallest absolute Gasteiger partial charge is 0.258 e. The van der Waals surface area contributed by atoms with E-state index in [2.05, 4.69) is 9.71 Å². The molecular formula is C10H11N3O3S2. The van der Waals surface area contributed by atoms with Gasteiger partial charge in [-0.25, -0.2) is 18.1 Å². The van der Waals surface area contributed by atoms with Crippen molar-refractivity contribution in [2.45, 2.75) is 16.3 Å². The van der Waals surface area contributed by atoms with Crippen LogP contribution in [0.1, 0.15) is 0 Å². The van der Waals surface area contributed by atoms with Gasteiger partial charge >= 0.3 is 0 Å². The second kappa shape index (κ2) is 5.67. The first-order valence-corrected chi connectivity index (χ1v) is 7.55. The molecular weight excluding hydrogens is 274 g/mol. The maximum atomic E-state index is 12.0. The Kier molecular flexibility index (Phi) is 4.19. The molecule has 0 aliphatic carbocycles. The standard InChI is InChI=1S/C10H11N3O3S2/c11-7-17-9-6-16-5-8(9)13-18(14,15)10-3-1-2-4-12-10/h1-4,8-9,13H,5-6H2. The van der Waals surface area contributed by atoms with Crippen molar-refractivity contribution in [2.24, 2.45) is 0 Å². The number of ether oxygens (including phenoxy) is 1. The number of hydrogen-bond donors (Lipinski definition) is 1. The van der Waals surface area contributed by atoms with Crippen molar-refractivity contribution in [1.29, 1.82) is 5.26 Å². The van der Waals surface area contributed by atoms with Crippen LogP contribution in [0.5, 0.6) is 0 Å². The molecule has 0 saturated carbocycles. The highest BCUT2D eigenvalue weighted by molar-refractivity contribution is 8.04. The second-order valence-corrected chi connectivity index (χ2v) is 6.37. The summed E-state index contributed by atoms with van der Waals surface area (Å²) in [6.45, 7) is 0.638. The molecule has 96 valence electrons. The molecule has 1 N–H and O–H groups in total. The van der Waals surface area contributed by atoms with Crippen LogP contribution in [0.15, 0.2) is 29.4 Å². The molecule has 18 heavy (non-hydrogen) atoms. The minimum atomic E-state index is -3.66. The minimum absolute atomic E-state index is 0.0300. The lowest BCUT2D eigenvalue weighted by molar-refractivity contribution is 0.193. The molecule has 0 spiro atoms. The van der Waals surface area contributed by atoms with Crippen molar-refractivity contribution in [1.82, 2.24) is 9.71 Å². The normalized spacial score (nSPS) is 23.7. The molecule has 1 aliphatic heterocycles. The van der Waals surface area contributed by atoms with E-state index in [4.69, 9.17) is 10.00 Å². The summed E-state index contributed by atoms with van der Waals surface area (Å²) in [4.78, 5) is 3.80. The zero-order valence-electron chi connectivity index (χ0n) is 9.31. The van der Waals surface area contributed by atoms with Gasteiger partial charge in [0.1, 0.15) is 5.40 Å². The van der Waals surface area contributed by atoms with Gasteiger partial charge in [0, 0.05) is 6.20 Å². The van der Waals surface area contributed by atoms with Crippen molar-refractivity contribution in [3.05, 3.63) is 24.4 Å². The summed E-state index contributed by atoms with van der Waals surface area (Å²) in [6, 6.07) is 4.27. The summed E-state index contributed by atoms with van der Waals surface area (Å²) in [5, 5.41) is 10.4. The first kappa shape index (κ1) is 13.3. The molecule has 1 aliphatic rings. The third-order valence-electron chi connectivity index (χ3n) is 2.45. The summed E-state index contributed by atoms with van der Waals surface area (Å²) in [5.41, 5.74) is 0. The van der Waals surface area contributed by atoms with E-state index in [1.807, 2.05) is 5.40 Å². The van der Waals surface area contributed by atoms with E-state index >= 15 is 0 Å². The molecule has 6 nitrogen and oxygen atoms in total. The van der Waals surface area contributed by atoms with Crippen LogP contribution in [-0.4, -0.2) is 37.9 Å². The molecule has 2 atom stereocenters. The SMILES string of the molecule is N#CSC1COCC1NS(=O)(=O)c1ccccn1. The van der Waals surface area contributed by atoms with Crippen molar-refractivity contribution >= 4 is 21.8 Å². The molecule has 1 aromatic heterocycles. The van der Waals surface area contributed by atoms with Gasteiger partial charge in [-0.1, -0.05) is 6.07 Å². The average molecular weight is 285 g/mol. The molecule has 1 saturated heterocycles. The van der Waals surface area contributed by atoms with Crippen LogP contribution >= 0.6 is 11.8 Å². The molecule has 0 radical (unpaired) electrons. The number of hydrogen-bond acceptors (Lipinski definition) is 6. The van der Waals surface area contributed by atoms with Gasteiger partial charge in [0.25, 0.3) is 10.0 Å². The average Bonchev–Trinajstić information content (AvgIpc) is 2.78. The fourth-order valence-electron chi connectivity index (χ4n) is 1.59. The Balaban J connectivity index is 2.12. The second-order valence-electron chi connectivity index (χ2n) is 3.68. The van der Waals surface area contributed by atoms with E-state index in [1.54, 1.807) is 12.1 Å². The first-order chi connectivity index (χ1) is 8.63. The van der Waals surface area contributed by atoms with Crippen molar-refractivity contribution < 1.29 is 13.2 Å².